The fourth-order valence-electron chi connectivity index (χ4n) is 1.71. The number of carbonyl (C=O) groups is 1. The Morgan fingerprint density at radius 3 is 2.70 bits per heavy atom. The summed E-state index contributed by atoms with van der Waals surface area (Å²) in [6, 6.07) is 3.59. The molecule has 20 heavy (non-hydrogen) atoms. The number of nitro benzene ring substituents is 1. The molecule has 1 heterocycles. The molecule has 2 aromatic rings. The van der Waals surface area contributed by atoms with E-state index in [9.17, 15) is 19.3 Å². The van der Waals surface area contributed by atoms with Crippen LogP contribution in [0.25, 0.3) is 0 Å². The molecular formula is C12H8BrFN2O4. The first-order chi connectivity index (χ1) is 9.45. The third kappa shape index (κ3) is 2.42. The van der Waals surface area contributed by atoms with Crippen LogP contribution in [-0.4, -0.2) is 22.8 Å². The first-order valence-electron chi connectivity index (χ1n) is 5.35. The van der Waals surface area contributed by atoms with Crippen LogP contribution in [-0.2, 0) is 0 Å². The number of nitrogens with one attached hydrogen (secondary N) is 1. The monoisotopic (exact) mass is 342 g/mol. The molecule has 6 nitrogen and oxygen atoms in total. The van der Waals surface area contributed by atoms with Crippen molar-refractivity contribution in [2.24, 2.45) is 0 Å². The van der Waals surface area contributed by atoms with Gasteiger partial charge in [-0.2, -0.15) is 4.39 Å². The van der Waals surface area contributed by atoms with E-state index in [1.165, 1.54) is 25.4 Å². The van der Waals surface area contributed by atoms with E-state index >= 15 is 0 Å². The minimum Gasteiger partial charge on any atom is -0.496 e. The molecule has 0 aliphatic rings. The van der Waals surface area contributed by atoms with E-state index in [2.05, 4.69) is 20.9 Å². The van der Waals surface area contributed by atoms with Crippen LogP contribution >= 0.6 is 15.9 Å². The van der Waals surface area contributed by atoms with Crippen molar-refractivity contribution in [1.29, 1.82) is 0 Å². The molecule has 8 heteroatoms. The number of methoxy groups -OCH3 is 1. The number of carbonyl (C=O) groups excluding carboxylic acids is 1. The highest BCUT2D eigenvalue weighted by molar-refractivity contribution is 9.10. The highest BCUT2D eigenvalue weighted by Crippen LogP contribution is 2.31. The maximum atomic E-state index is 14.1. The van der Waals surface area contributed by atoms with Crippen molar-refractivity contribution in [3.8, 4) is 5.75 Å². The first-order valence-corrected chi connectivity index (χ1v) is 6.14. The molecule has 0 spiro atoms. The lowest BCUT2D eigenvalue weighted by molar-refractivity contribution is -0.387. The number of nitro groups is 1. The van der Waals surface area contributed by atoms with Gasteiger partial charge < -0.3 is 9.72 Å². The smallest absolute Gasteiger partial charge is 0.305 e. The number of nitrogens with zero attached hydrogens (tertiary/aromatic N) is 1. The summed E-state index contributed by atoms with van der Waals surface area (Å²) in [6.07, 6.45) is 1.37. The van der Waals surface area contributed by atoms with Gasteiger partial charge in [0.15, 0.2) is 0 Å². The standard InChI is InChI=1S/C12H8BrFN2O4/c1-20-8-3-2-7(16(18)19)11(14)10(8)12(17)6-4-9(13)15-5-6/h2-5,15H,1H3. The van der Waals surface area contributed by atoms with Gasteiger partial charge in [-0.3, -0.25) is 14.9 Å². The van der Waals surface area contributed by atoms with Gasteiger partial charge in [0.1, 0.15) is 11.3 Å². The average molecular weight is 343 g/mol. The minimum absolute atomic E-state index is 0.0598. The van der Waals surface area contributed by atoms with Gasteiger partial charge in [0, 0.05) is 17.8 Å². The van der Waals surface area contributed by atoms with E-state index in [4.69, 9.17) is 4.74 Å². The number of H-pyrrole nitrogens is 1. The first kappa shape index (κ1) is 14.2. The molecule has 0 radical (unpaired) electrons. The average Bonchev–Trinajstić information content (AvgIpc) is 2.83. The lowest BCUT2D eigenvalue weighted by atomic mass is 10.0. The van der Waals surface area contributed by atoms with Crippen molar-refractivity contribution >= 4 is 27.4 Å². The lowest BCUT2D eigenvalue weighted by Crippen LogP contribution is -2.08. The molecule has 1 aromatic heterocycles. The van der Waals surface area contributed by atoms with Crippen LogP contribution in [0.1, 0.15) is 15.9 Å². The van der Waals surface area contributed by atoms with E-state index < -0.39 is 27.8 Å². The third-order valence-electron chi connectivity index (χ3n) is 2.64. The number of ether oxygens (including phenoxy) is 1. The molecule has 1 aromatic carbocycles. The zero-order valence-electron chi connectivity index (χ0n) is 10.1. The van der Waals surface area contributed by atoms with Crippen molar-refractivity contribution in [1.82, 2.24) is 4.98 Å². The molecule has 2 rings (SSSR count). The molecule has 0 fully saturated rings. The van der Waals surface area contributed by atoms with Crippen molar-refractivity contribution in [3.05, 3.63) is 56.1 Å². The van der Waals surface area contributed by atoms with E-state index in [0.717, 1.165) is 6.07 Å². The SMILES string of the molecule is COc1ccc([N+](=O)[O-])c(F)c1C(=O)c1c[nH]c(Br)c1. The van der Waals surface area contributed by atoms with Crippen LogP contribution in [0.2, 0.25) is 0 Å². The summed E-state index contributed by atoms with van der Waals surface area (Å²) in [7, 11) is 1.25. The van der Waals surface area contributed by atoms with E-state index in [-0.39, 0.29) is 11.3 Å². The van der Waals surface area contributed by atoms with Crippen LogP contribution in [0.15, 0.2) is 29.0 Å². The van der Waals surface area contributed by atoms with Crippen molar-refractivity contribution in [3.63, 3.8) is 0 Å². The van der Waals surface area contributed by atoms with Gasteiger partial charge in [-0.1, -0.05) is 0 Å². The molecule has 0 aliphatic heterocycles. The highest BCUT2D eigenvalue weighted by Gasteiger charge is 2.27. The van der Waals surface area contributed by atoms with E-state index in [1.54, 1.807) is 0 Å². The molecule has 0 atom stereocenters. The second-order valence-corrected chi connectivity index (χ2v) is 4.65. The van der Waals surface area contributed by atoms with Gasteiger partial charge in [-0.15, -0.1) is 0 Å². The van der Waals surface area contributed by atoms with Crippen LogP contribution < -0.4 is 4.74 Å². The summed E-state index contributed by atoms with van der Waals surface area (Å²) < 4.78 is 19.6. The lowest BCUT2D eigenvalue weighted by Gasteiger charge is -2.08. The fourth-order valence-corrected chi connectivity index (χ4v) is 2.07. The minimum atomic E-state index is -1.21. The van der Waals surface area contributed by atoms with Crippen molar-refractivity contribution in [2.75, 3.05) is 7.11 Å². The third-order valence-corrected chi connectivity index (χ3v) is 3.09. The normalized spacial score (nSPS) is 10.3. The topological polar surface area (TPSA) is 85.2 Å². The number of ketones is 1. The molecule has 0 amide bonds. The van der Waals surface area contributed by atoms with Crippen molar-refractivity contribution < 1.29 is 18.8 Å². The summed E-state index contributed by atoms with van der Waals surface area (Å²) in [5.74, 6) is -1.97. The molecule has 0 saturated heterocycles. The molecule has 0 aliphatic carbocycles. The van der Waals surface area contributed by atoms with Gasteiger partial charge in [0.2, 0.25) is 11.6 Å². The van der Waals surface area contributed by atoms with Crippen LogP contribution in [0.5, 0.6) is 5.75 Å². The van der Waals surface area contributed by atoms with Crippen LogP contribution in [0, 0.1) is 15.9 Å². The molecule has 0 saturated carbocycles. The number of hydrogen-bond acceptors (Lipinski definition) is 4. The molecule has 0 unspecified atom stereocenters. The number of hydrogen-bond donors (Lipinski definition) is 1. The van der Waals surface area contributed by atoms with E-state index in [0.29, 0.717) is 4.60 Å². The quantitative estimate of drug-likeness (QED) is 0.525. The number of aromatic amines is 1. The Morgan fingerprint density at radius 1 is 1.50 bits per heavy atom. The number of rotatable bonds is 4. The second kappa shape index (κ2) is 5.41. The second-order valence-electron chi connectivity index (χ2n) is 3.80. The molecular weight excluding hydrogens is 335 g/mol. The Kier molecular flexibility index (Phi) is 3.84. The summed E-state index contributed by atoms with van der Waals surface area (Å²) in [5.41, 5.74) is -1.08. The maximum Gasteiger partial charge on any atom is 0.305 e. The summed E-state index contributed by atoms with van der Waals surface area (Å²) >= 11 is 3.12. The zero-order valence-corrected chi connectivity index (χ0v) is 11.7. The summed E-state index contributed by atoms with van der Waals surface area (Å²) in [4.78, 5) is 24.8. The summed E-state index contributed by atoms with van der Waals surface area (Å²) in [6.45, 7) is 0. The largest absolute Gasteiger partial charge is 0.496 e. The summed E-state index contributed by atoms with van der Waals surface area (Å²) in [5, 5.41) is 10.7. The fraction of sp³-hybridized carbons (Fsp3) is 0.0833. The zero-order chi connectivity index (χ0) is 14.9. The molecule has 104 valence electrons. The van der Waals surface area contributed by atoms with Crippen LogP contribution in [0.3, 0.4) is 0 Å². The number of benzene rings is 1. The Balaban J connectivity index is 2.62. The molecule has 0 bridgehead atoms. The van der Waals surface area contributed by atoms with Crippen LogP contribution in [0.4, 0.5) is 10.1 Å². The van der Waals surface area contributed by atoms with Gasteiger partial charge in [-0.25, -0.2) is 0 Å². The number of aromatic nitrogens is 1. The highest BCUT2D eigenvalue weighted by atomic mass is 79.9. The Bertz CT molecular complexity index is 699. The van der Waals surface area contributed by atoms with Gasteiger partial charge in [0.05, 0.1) is 16.6 Å². The van der Waals surface area contributed by atoms with Crippen molar-refractivity contribution in [2.45, 2.75) is 0 Å². The van der Waals surface area contributed by atoms with Gasteiger partial charge >= 0.3 is 5.69 Å². The predicted octanol–water partition coefficient (Wildman–Crippen LogP) is 3.06. The van der Waals surface area contributed by atoms with Gasteiger partial charge in [0.25, 0.3) is 0 Å². The van der Waals surface area contributed by atoms with E-state index in [1.807, 2.05) is 0 Å². The number of halogens is 2. The van der Waals surface area contributed by atoms with Gasteiger partial charge in [-0.05, 0) is 28.1 Å². The predicted molar refractivity (Wildman–Crippen MR) is 71.5 cm³/mol. The maximum absolute atomic E-state index is 14.1. The Hall–Kier alpha value is -2.22. The Labute approximate surface area is 120 Å². The Morgan fingerprint density at radius 2 is 2.20 bits per heavy atom. The molecule has 1 N–H and O–H groups in total.